The number of aromatic nitrogens is 1. The molecule has 0 radical (unpaired) electrons. The number of nitrogens with one attached hydrogen (secondary N) is 2. The van der Waals surface area contributed by atoms with Crippen molar-refractivity contribution in [3.8, 4) is 0 Å². The van der Waals surface area contributed by atoms with E-state index in [1.165, 1.54) is 12.8 Å². The van der Waals surface area contributed by atoms with Gasteiger partial charge in [0.2, 0.25) is 0 Å². The van der Waals surface area contributed by atoms with Crippen molar-refractivity contribution in [2.45, 2.75) is 45.2 Å². The van der Waals surface area contributed by atoms with Crippen LogP contribution in [0.2, 0.25) is 5.02 Å². The SMILES string of the molecule is CCCn1cc(Cl)cc1C(=O)NCC[C@@H]1CCCN1. The first-order valence-corrected chi connectivity index (χ1v) is 7.45. The highest BCUT2D eigenvalue weighted by Gasteiger charge is 2.15. The maximum Gasteiger partial charge on any atom is 0.267 e. The van der Waals surface area contributed by atoms with Crippen LogP contribution in [0.4, 0.5) is 0 Å². The van der Waals surface area contributed by atoms with Crippen molar-refractivity contribution in [3.63, 3.8) is 0 Å². The van der Waals surface area contributed by atoms with Crippen molar-refractivity contribution in [1.82, 2.24) is 15.2 Å². The predicted octanol–water partition coefficient (Wildman–Crippen LogP) is 2.42. The number of nitrogens with zero attached hydrogens (tertiary/aromatic N) is 1. The van der Waals surface area contributed by atoms with Gasteiger partial charge in [-0.1, -0.05) is 18.5 Å². The van der Waals surface area contributed by atoms with E-state index in [1.807, 2.05) is 10.8 Å². The molecule has 4 nitrogen and oxygen atoms in total. The standard InChI is InChI=1S/C14H22ClN3O/c1-2-8-18-10-11(15)9-13(18)14(19)17-7-5-12-4-3-6-16-12/h9-10,12,16H,2-8H2,1H3,(H,17,19)/t12-/m0/s1. The molecule has 0 spiro atoms. The lowest BCUT2D eigenvalue weighted by atomic mass is 10.1. The van der Waals surface area contributed by atoms with Crippen molar-refractivity contribution in [3.05, 3.63) is 23.0 Å². The molecule has 1 atom stereocenters. The minimum absolute atomic E-state index is 0.0293. The smallest absolute Gasteiger partial charge is 0.267 e. The van der Waals surface area contributed by atoms with Gasteiger partial charge in [-0.2, -0.15) is 0 Å². The number of amides is 1. The molecule has 19 heavy (non-hydrogen) atoms. The number of carbonyl (C=O) groups is 1. The zero-order valence-corrected chi connectivity index (χ0v) is 12.2. The molecule has 2 rings (SSSR count). The minimum atomic E-state index is -0.0293. The van der Waals surface area contributed by atoms with Crippen molar-refractivity contribution in [2.75, 3.05) is 13.1 Å². The fourth-order valence-corrected chi connectivity index (χ4v) is 2.77. The van der Waals surface area contributed by atoms with E-state index < -0.39 is 0 Å². The summed E-state index contributed by atoms with van der Waals surface area (Å²) in [6.45, 7) is 4.72. The molecule has 0 aromatic carbocycles. The third-order valence-corrected chi connectivity index (χ3v) is 3.71. The average molecular weight is 284 g/mol. The summed E-state index contributed by atoms with van der Waals surface area (Å²) in [6, 6.07) is 2.30. The molecule has 2 heterocycles. The summed E-state index contributed by atoms with van der Waals surface area (Å²) in [5, 5.41) is 7.03. The van der Waals surface area contributed by atoms with Crippen LogP contribution in [-0.2, 0) is 6.54 Å². The van der Waals surface area contributed by atoms with Crippen LogP contribution in [0.15, 0.2) is 12.3 Å². The topological polar surface area (TPSA) is 46.1 Å². The molecule has 106 valence electrons. The lowest BCUT2D eigenvalue weighted by Crippen LogP contribution is -2.31. The molecule has 1 fully saturated rings. The lowest BCUT2D eigenvalue weighted by Gasteiger charge is -2.12. The first-order chi connectivity index (χ1) is 9.20. The zero-order chi connectivity index (χ0) is 13.7. The molecule has 1 aromatic rings. The minimum Gasteiger partial charge on any atom is -0.351 e. The second kappa shape index (κ2) is 6.96. The Bertz CT molecular complexity index is 424. The number of hydrogen-bond donors (Lipinski definition) is 2. The van der Waals surface area contributed by atoms with Gasteiger partial charge in [0.1, 0.15) is 5.69 Å². The Morgan fingerprint density at radius 1 is 1.63 bits per heavy atom. The zero-order valence-electron chi connectivity index (χ0n) is 11.4. The summed E-state index contributed by atoms with van der Waals surface area (Å²) >= 11 is 5.97. The maximum absolute atomic E-state index is 12.1. The van der Waals surface area contributed by atoms with Gasteiger partial charge in [0.15, 0.2) is 0 Å². The molecule has 0 unspecified atom stereocenters. The normalized spacial score (nSPS) is 18.7. The Balaban J connectivity index is 1.84. The summed E-state index contributed by atoms with van der Waals surface area (Å²) in [4.78, 5) is 12.1. The summed E-state index contributed by atoms with van der Waals surface area (Å²) in [6.07, 6.45) is 6.26. The molecule has 2 N–H and O–H groups in total. The van der Waals surface area contributed by atoms with Crippen molar-refractivity contribution in [2.24, 2.45) is 0 Å². The van der Waals surface area contributed by atoms with Gasteiger partial charge in [0.25, 0.3) is 5.91 Å². The van der Waals surface area contributed by atoms with Gasteiger partial charge < -0.3 is 15.2 Å². The summed E-state index contributed by atoms with van der Waals surface area (Å²) in [7, 11) is 0. The Hall–Kier alpha value is -1.00. The molecule has 0 saturated carbocycles. The molecular formula is C14H22ClN3O. The van der Waals surface area contributed by atoms with Gasteiger partial charge in [0.05, 0.1) is 5.02 Å². The molecule has 1 aromatic heterocycles. The van der Waals surface area contributed by atoms with E-state index in [4.69, 9.17) is 11.6 Å². The van der Waals surface area contributed by atoms with Crippen LogP contribution in [0.5, 0.6) is 0 Å². The monoisotopic (exact) mass is 283 g/mol. The molecule has 5 heteroatoms. The van der Waals surface area contributed by atoms with Crippen LogP contribution in [-0.4, -0.2) is 29.6 Å². The Labute approximate surface area is 119 Å². The fraction of sp³-hybridized carbons (Fsp3) is 0.643. The molecule has 1 saturated heterocycles. The summed E-state index contributed by atoms with van der Waals surface area (Å²) in [5.41, 5.74) is 0.659. The quantitative estimate of drug-likeness (QED) is 0.842. The van der Waals surface area contributed by atoms with E-state index in [0.29, 0.717) is 23.3 Å². The Kier molecular flexibility index (Phi) is 5.28. The van der Waals surface area contributed by atoms with Crippen LogP contribution in [0.25, 0.3) is 0 Å². The molecule has 1 aliphatic rings. The van der Waals surface area contributed by atoms with Gasteiger partial charge in [0, 0.05) is 25.3 Å². The summed E-state index contributed by atoms with van der Waals surface area (Å²) in [5.74, 6) is -0.0293. The van der Waals surface area contributed by atoms with E-state index in [0.717, 1.165) is 25.9 Å². The molecule has 1 aliphatic heterocycles. The molecule has 1 amide bonds. The first-order valence-electron chi connectivity index (χ1n) is 7.08. The first kappa shape index (κ1) is 14.4. The highest BCUT2D eigenvalue weighted by Crippen LogP contribution is 2.15. The Morgan fingerprint density at radius 2 is 2.47 bits per heavy atom. The van der Waals surface area contributed by atoms with E-state index in [1.54, 1.807) is 6.07 Å². The van der Waals surface area contributed by atoms with Gasteiger partial charge in [-0.05, 0) is 38.3 Å². The number of rotatable bonds is 6. The molecule has 0 bridgehead atoms. The summed E-state index contributed by atoms with van der Waals surface area (Å²) < 4.78 is 1.92. The van der Waals surface area contributed by atoms with Crippen LogP contribution in [0.1, 0.15) is 43.1 Å². The average Bonchev–Trinajstić information content (AvgIpc) is 2.99. The second-order valence-corrected chi connectivity index (χ2v) is 5.51. The van der Waals surface area contributed by atoms with Crippen molar-refractivity contribution < 1.29 is 4.79 Å². The van der Waals surface area contributed by atoms with Gasteiger partial charge in [-0.25, -0.2) is 0 Å². The van der Waals surface area contributed by atoms with Crippen LogP contribution >= 0.6 is 11.6 Å². The third kappa shape index (κ3) is 3.98. The maximum atomic E-state index is 12.1. The lowest BCUT2D eigenvalue weighted by molar-refractivity contribution is 0.0943. The highest BCUT2D eigenvalue weighted by molar-refractivity contribution is 6.31. The number of hydrogen-bond acceptors (Lipinski definition) is 2. The van der Waals surface area contributed by atoms with Gasteiger partial charge >= 0.3 is 0 Å². The van der Waals surface area contributed by atoms with Gasteiger partial charge in [-0.15, -0.1) is 0 Å². The fourth-order valence-electron chi connectivity index (χ4n) is 2.54. The predicted molar refractivity (Wildman–Crippen MR) is 77.7 cm³/mol. The van der Waals surface area contributed by atoms with Gasteiger partial charge in [-0.3, -0.25) is 4.79 Å². The highest BCUT2D eigenvalue weighted by atomic mass is 35.5. The van der Waals surface area contributed by atoms with Crippen LogP contribution < -0.4 is 10.6 Å². The number of halogens is 1. The van der Waals surface area contributed by atoms with E-state index in [-0.39, 0.29) is 5.91 Å². The molecule has 0 aliphatic carbocycles. The van der Waals surface area contributed by atoms with Crippen molar-refractivity contribution >= 4 is 17.5 Å². The van der Waals surface area contributed by atoms with E-state index in [9.17, 15) is 4.79 Å². The third-order valence-electron chi connectivity index (χ3n) is 3.50. The van der Waals surface area contributed by atoms with Crippen LogP contribution in [0, 0.1) is 0 Å². The Morgan fingerprint density at radius 3 is 3.16 bits per heavy atom. The van der Waals surface area contributed by atoms with Crippen molar-refractivity contribution in [1.29, 1.82) is 0 Å². The second-order valence-electron chi connectivity index (χ2n) is 5.07. The largest absolute Gasteiger partial charge is 0.351 e. The van der Waals surface area contributed by atoms with E-state index >= 15 is 0 Å². The number of carbonyl (C=O) groups excluding carboxylic acids is 1. The molecular weight excluding hydrogens is 262 g/mol. The number of aryl methyl sites for hydroxylation is 1. The van der Waals surface area contributed by atoms with E-state index in [2.05, 4.69) is 17.6 Å². The van der Waals surface area contributed by atoms with Crippen LogP contribution in [0.3, 0.4) is 0 Å².